The van der Waals surface area contributed by atoms with Crippen LogP contribution in [0.3, 0.4) is 0 Å². The van der Waals surface area contributed by atoms with Crippen LogP contribution >= 0.6 is 0 Å². The normalized spacial score (nSPS) is 24.3. The first kappa shape index (κ1) is 18.0. The monoisotopic (exact) mass is 347 g/mol. The van der Waals surface area contributed by atoms with Crippen molar-refractivity contribution < 1.29 is 14.3 Å². The summed E-state index contributed by atoms with van der Waals surface area (Å²) in [6, 6.07) is 10.3. The highest BCUT2D eigenvalue weighted by Crippen LogP contribution is 2.22. The molecule has 1 aromatic rings. The van der Waals surface area contributed by atoms with E-state index in [0.29, 0.717) is 25.1 Å². The lowest BCUT2D eigenvalue weighted by Crippen LogP contribution is -2.47. The number of morpholine rings is 1. The number of benzene rings is 1. The molecule has 25 heavy (non-hydrogen) atoms. The van der Waals surface area contributed by atoms with E-state index < -0.39 is 0 Å². The second-order valence-electron chi connectivity index (χ2n) is 6.84. The summed E-state index contributed by atoms with van der Waals surface area (Å²) >= 11 is 0. The van der Waals surface area contributed by atoms with Crippen LogP contribution in [0.15, 0.2) is 30.3 Å². The van der Waals surface area contributed by atoms with Gasteiger partial charge in [0, 0.05) is 38.8 Å². The number of hydrogen-bond acceptors (Lipinski definition) is 4. The summed E-state index contributed by atoms with van der Waals surface area (Å²) < 4.78 is 11.1. The van der Waals surface area contributed by atoms with Crippen LogP contribution in [-0.2, 0) is 4.74 Å². The zero-order valence-electron chi connectivity index (χ0n) is 15.0. The molecule has 2 heterocycles. The van der Waals surface area contributed by atoms with Gasteiger partial charge in [0.15, 0.2) is 0 Å². The highest BCUT2D eigenvalue weighted by Gasteiger charge is 2.36. The summed E-state index contributed by atoms with van der Waals surface area (Å²) in [7, 11) is 0. The second-order valence-corrected chi connectivity index (χ2v) is 6.84. The minimum absolute atomic E-state index is 0.0438. The molecule has 2 atom stereocenters. The van der Waals surface area contributed by atoms with Crippen LogP contribution in [0.1, 0.15) is 13.3 Å². The Bertz CT molecular complexity index is 534. The molecule has 2 aliphatic rings. The van der Waals surface area contributed by atoms with Crippen molar-refractivity contribution in [3.8, 4) is 5.75 Å². The molecule has 6 heteroatoms. The zero-order valence-corrected chi connectivity index (χ0v) is 15.0. The van der Waals surface area contributed by atoms with Gasteiger partial charge in [0.25, 0.3) is 0 Å². The molecule has 2 aliphatic heterocycles. The number of urea groups is 1. The summed E-state index contributed by atoms with van der Waals surface area (Å²) in [6.07, 6.45) is 0.803. The lowest BCUT2D eigenvalue weighted by atomic mass is 10.0. The van der Waals surface area contributed by atoms with Crippen LogP contribution in [-0.4, -0.2) is 74.4 Å². The summed E-state index contributed by atoms with van der Waals surface area (Å²) in [5, 5.41) is 3.02. The molecule has 3 rings (SSSR count). The van der Waals surface area contributed by atoms with Gasteiger partial charge in [-0.1, -0.05) is 25.1 Å². The van der Waals surface area contributed by atoms with Gasteiger partial charge >= 0.3 is 6.03 Å². The van der Waals surface area contributed by atoms with Crippen LogP contribution in [0, 0.1) is 5.92 Å². The molecule has 2 saturated heterocycles. The SMILES string of the molecule is C[C@@H]1CN(C(=O)NCCCOc2ccccc2)C[C@@H]1N1CCOCC1. The number of hydrogen-bond donors (Lipinski definition) is 1. The third kappa shape index (κ3) is 5.09. The van der Waals surface area contributed by atoms with Crippen LogP contribution < -0.4 is 10.1 Å². The minimum atomic E-state index is 0.0438. The van der Waals surface area contributed by atoms with E-state index in [1.54, 1.807) is 0 Å². The van der Waals surface area contributed by atoms with Crippen LogP contribution in [0.2, 0.25) is 0 Å². The Kier molecular flexibility index (Phi) is 6.53. The molecule has 0 spiro atoms. The van der Waals surface area contributed by atoms with E-state index in [-0.39, 0.29) is 6.03 Å². The second kappa shape index (κ2) is 9.06. The molecule has 2 fully saturated rings. The van der Waals surface area contributed by atoms with Gasteiger partial charge in [0.1, 0.15) is 5.75 Å². The number of rotatable bonds is 6. The van der Waals surface area contributed by atoms with Gasteiger partial charge in [-0.2, -0.15) is 0 Å². The van der Waals surface area contributed by atoms with E-state index in [2.05, 4.69) is 17.1 Å². The van der Waals surface area contributed by atoms with Crippen molar-refractivity contribution in [2.75, 3.05) is 52.5 Å². The van der Waals surface area contributed by atoms with Crippen molar-refractivity contribution in [3.05, 3.63) is 30.3 Å². The van der Waals surface area contributed by atoms with Crippen LogP contribution in [0.4, 0.5) is 4.79 Å². The fourth-order valence-electron chi connectivity index (χ4n) is 3.59. The Morgan fingerprint density at radius 1 is 1.24 bits per heavy atom. The largest absolute Gasteiger partial charge is 0.494 e. The van der Waals surface area contributed by atoms with E-state index in [1.807, 2.05) is 35.2 Å². The number of ether oxygens (including phenoxy) is 2. The van der Waals surface area contributed by atoms with Gasteiger partial charge in [-0.25, -0.2) is 4.79 Å². The average molecular weight is 347 g/mol. The minimum Gasteiger partial charge on any atom is -0.494 e. The maximum atomic E-state index is 12.4. The van der Waals surface area contributed by atoms with Crippen molar-refractivity contribution in [1.29, 1.82) is 0 Å². The Balaban J connectivity index is 1.34. The van der Waals surface area contributed by atoms with E-state index in [1.165, 1.54) is 0 Å². The van der Waals surface area contributed by atoms with Crippen LogP contribution in [0.5, 0.6) is 5.75 Å². The molecular formula is C19H29N3O3. The third-order valence-electron chi connectivity index (χ3n) is 4.98. The summed E-state index contributed by atoms with van der Waals surface area (Å²) in [5.41, 5.74) is 0. The lowest BCUT2D eigenvalue weighted by Gasteiger charge is -2.33. The summed E-state index contributed by atoms with van der Waals surface area (Å²) in [6.45, 7) is 8.68. The summed E-state index contributed by atoms with van der Waals surface area (Å²) in [4.78, 5) is 16.8. The van der Waals surface area contributed by atoms with E-state index in [4.69, 9.17) is 9.47 Å². The lowest BCUT2D eigenvalue weighted by molar-refractivity contribution is 0.0123. The topological polar surface area (TPSA) is 54.0 Å². The number of nitrogens with zero attached hydrogens (tertiary/aromatic N) is 2. The fourth-order valence-corrected chi connectivity index (χ4v) is 3.59. The van der Waals surface area contributed by atoms with Gasteiger partial charge < -0.3 is 19.7 Å². The van der Waals surface area contributed by atoms with E-state index in [0.717, 1.165) is 51.6 Å². The molecule has 0 bridgehead atoms. The maximum absolute atomic E-state index is 12.4. The first-order chi connectivity index (χ1) is 12.2. The van der Waals surface area contributed by atoms with Gasteiger partial charge in [0.05, 0.1) is 19.8 Å². The quantitative estimate of drug-likeness (QED) is 0.798. The molecule has 1 N–H and O–H groups in total. The molecule has 0 saturated carbocycles. The van der Waals surface area contributed by atoms with E-state index >= 15 is 0 Å². The van der Waals surface area contributed by atoms with Crippen LogP contribution in [0.25, 0.3) is 0 Å². The van der Waals surface area contributed by atoms with Crippen molar-refractivity contribution in [1.82, 2.24) is 15.1 Å². The molecule has 138 valence electrons. The zero-order chi connectivity index (χ0) is 17.5. The van der Waals surface area contributed by atoms with E-state index in [9.17, 15) is 4.79 Å². The number of amides is 2. The van der Waals surface area contributed by atoms with Gasteiger partial charge in [-0.05, 0) is 24.5 Å². The van der Waals surface area contributed by atoms with Crippen molar-refractivity contribution >= 4 is 6.03 Å². The first-order valence-corrected chi connectivity index (χ1v) is 9.26. The molecule has 0 radical (unpaired) electrons. The Hall–Kier alpha value is -1.79. The molecule has 2 amide bonds. The van der Waals surface area contributed by atoms with Crippen molar-refractivity contribution in [3.63, 3.8) is 0 Å². The standard InChI is InChI=1S/C19H29N3O3/c1-16-14-22(15-18(16)21-9-12-24-13-10-21)19(23)20-8-5-11-25-17-6-3-2-4-7-17/h2-4,6-7,16,18H,5,8-15H2,1H3,(H,20,23)/t16-,18+/m1/s1. The highest BCUT2D eigenvalue weighted by molar-refractivity contribution is 5.74. The summed E-state index contributed by atoms with van der Waals surface area (Å²) in [5.74, 6) is 1.38. The number of nitrogens with one attached hydrogen (secondary N) is 1. The smallest absolute Gasteiger partial charge is 0.317 e. The number of para-hydroxylation sites is 1. The number of carbonyl (C=O) groups is 1. The highest BCUT2D eigenvalue weighted by atomic mass is 16.5. The number of likely N-dealkylation sites (tertiary alicyclic amines) is 1. The number of carbonyl (C=O) groups excluding carboxylic acids is 1. The van der Waals surface area contributed by atoms with Crippen molar-refractivity contribution in [2.24, 2.45) is 5.92 Å². The fraction of sp³-hybridized carbons (Fsp3) is 0.632. The Morgan fingerprint density at radius 3 is 2.76 bits per heavy atom. The Morgan fingerprint density at radius 2 is 2.00 bits per heavy atom. The maximum Gasteiger partial charge on any atom is 0.317 e. The van der Waals surface area contributed by atoms with Crippen molar-refractivity contribution in [2.45, 2.75) is 19.4 Å². The molecular weight excluding hydrogens is 318 g/mol. The van der Waals surface area contributed by atoms with Gasteiger partial charge in [0.2, 0.25) is 0 Å². The molecule has 1 aromatic carbocycles. The van der Waals surface area contributed by atoms with Gasteiger partial charge in [-0.15, -0.1) is 0 Å². The van der Waals surface area contributed by atoms with Gasteiger partial charge in [-0.3, -0.25) is 4.90 Å². The Labute approximate surface area is 150 Å². The molecule has 6 nitrogen and oxygen atoms in total. The predicted molar refractivity (Wildman–Crippen MR) is 96.9 cm³/mol. The average Bonchev–Trinajstić information content (AvgIpc) is 3.05. The third-order valence-corrected chi connectivity index (χ3v) is 4.98. The predicted octanol–water partition coefficient (Wildman–Crippen LogP) is 1.82. The molecule has 0 unspecified atom stereocenters. The molecule has 0 aliphatic carbocycles. The first-order valence-electron chi connectivity index (χ1n) is 9.26. The molecule has 0 aromatic heterocycles.